The summed E-state index contributed by atoms with van der Waals surface area (Å²) in [5.41, 5.74) is 2.96. The third kappa shape index (κ3) is 6.26. The number of anilines is 1. The van der Waals surface area contributed by atoms with Crippen LogP contribution in [0.15, 0.2) is 30.5 Å². The number of piperazine rings is 1. The van der Waals surface area contributed by atoms with Gasteiger partial charge in [-0.15, -0.1) is 11.3 Å². The van der Waals surface area contributed by atoms with Crippen LogP contribution in [-0.2, 0) is 11.3 Å². The fourth-order valence-corrected chi connectivity index (χ4v) is 5.89. The number of carbonyl (C=O) groups excluding carboxylic acids is 1. The number of likely N-dealkylation sites (N-methyl/N-ethyl adjacent to an activating group) is 1. The van der Waals surface area contributed by atoms with Crippen LogP contribution in [-0.4, -0.2) is 82.7 Å². The Balaban J connectivity index is 1.35. The van der Waals surface area contributed by atoms with Gasteiger partial charge in [-0.2, -0.15) is 5.10 Å². The molecular weight excluding hydrogens is 484 g/mol. The number of unbranched alkanes of at least 4 members (excludes halogenated alkanes) is 3. The van der Waals surface area contributed by atoms with E-state index in [-0.39, 0.29) is 5.91 Å². The Hall–Kier alpha value is -3.08. The predicted octanol–water partition coefficient (Wildman–Crippen LogP) is 4.09. The highest BCUT2D eigenvalue weighted by Gasteiger charge is 2.18. The minimum Gasteiger partial charge on any atom is -0.369 e. The summed E-state index contributed by atoms with van der Waals surface area (Å²) in [5, 5.41) is 14.6. The van der Waals surface area contributed by atoms with Crippen molar-refractivity contribution in [1.29, 1.82) is 0 Å². The molecule has 3 N–H and O–H groups in total. The smallest absolute Gasteiger partial charge is 0.219 e. The van der Waals surface area contributed by atoms with Crippen molar-refractivity contribution in [2.24, 2.45) is 0 Å². The number of hydrogen-bond donors (Lipinski definition) is 3. The number of carbonyl (C=O) groups is 1. The van der Waals surface area contributed by atoms with Crippen LogP contribution in [0.3, 0.4) is 0 Å². The Morgan fingerprint density at radius 3 is 2.78 bits per heavy atom. The summed E-state index contributed by atoms with van der Waals surface area (Å²) in [5.74, 6) is 1.74. The highest BCUT2D eigenvalue weighted by Crippen LogP contribution is 2.34. The van der Waals surface area contributed by atoms with Crippen molar-refractivity contribution in [2.75, 3.05) is 52.1 Å². The number of hydrogen-bond acceptors (Lipinski definition) is 8. The van der Waals surface area contributed by atoms with Crippen molar-refractivity contribution in [3.8, 4) is 11.4 Å². The molecule has 1 amide bonds. The number of aromatic amines is 1. The maximum absolute atomic E-state index is 11.4. The summed E-state index contributed by atoms with van der Waals surface area (Å²) >= 11 is 1.80. The number of nitrogens with one attached hydrogen (secondary N) is 3. The van der Waals surface area contributed by atoms with Gasteiger partial charge in [-0.3, -0.25) is 14.8 Å². The Morgan fingerprint density at radius 1 is 1.11 bits per heavy atom. The van der Waals surface area contributed by atoms with Crippen LogP contribution in [0.5, 0.6) is 0 Å². The molecule has 0 spiro atoms. The molecule has 1 fully saturated rings. The van der Waals surface area contributed by atoms with E-state index in [0.29, 0.717) is 6.42 Å². The second-order valence-corrected chi connectivity index (χ2v) is 10.9. The first-order valence-corrected chi connectivity index (χ1v) is 14.0. The van der Waals surface area contributed by atoms with Crippen molar-refractivity contribution in [2.45, 2.75) is 38.6 Å². The van der Waals surface area contributed by atoms with Gasteiger partial charge in [-0.1, -0.05) is 25.0 Å². The Labute approximate surface area is 221 Å². The van der Waals surface area contributed by atoms with Crippen LogP contribution < -0.4 is 10.6 Å². The molecular formula is C27H36N8OS. The largest absolute Gasteiger partial charge is 0.369 e. The first kappa shape index (κ1) is 25.6. The van der Waals surface area contributed by atoms with Crippen LogP contribution in [0.4, 0.5) is 5.82 Å². The molecule has 3 aromatic heterocycles. The second kappa shape index (κ2) is 12.0. The third-order valence-electron chi connectivity index (χ3n) is 7.03. The van der Waals surface area contributed by atoms with Gasteiger partial charge < -0.3 is 15.5 Å². The molecule has 1 aliphatic rings. The number of nitrogens with zero attached hydrogens (tertiary/aromatic N) is 5. The van der Waals surface area contributed by atoms with Gasteiger partial charge in [0.15, 0.2) is 5.82 Å². The lowest BCUT2D eigenvalue weighted by Gasteiger charge is -2.31. The maximum atomic E-state index is 11.4. The van der Waals surface area contributed by atoms with Gasteiger partial charge in [0, 0.05) is 68.6 Å². The fraction of sp³-hybridized carbons (Fsp3) is 0.481. The topological polar surface area (TPSA) is 102 Å². The minimum absolute atomic E-state index is 0.117. The van der Waals surface area contributed by atoms with E-state index in [1.54, 1.807) is 18.4 Å². The Morgan fingerprint density at radius 2 is 1.95 bits per heavy atom. The second-order valence-electron chi connectivity index (χ2n) is 9.80. The standard InChI is InChI=1S/C27H36N8OS/c1-28-24(36)10-5-3-4-6-11-29-27-25-23(16-19(37-25)18-35-14-12-34(2)13-15-35)31-26(32-27)20-8-7-9-22-21(20)17-30-33-22/h7-9,16-17H,3-6,10-15,18H2,1-2H3,(H,28,36)(H,30,33)(H,29,31,32). The molecule has 4 aromatic rings. The quantitative estimate of drug-likeness (QED) is 0.256. The van der Waals surface area contributed by atoms with E-state index in [9.17, 15) is 4.79 Å². The lowest BCUT2D eigenvalue weighted by atomic mass is 10.1. The average molecular weight is 521 g/mol. The number of H-pyrrole nitrogens is 1. The summed E-state index contributed by atoms with van der Waals surface area (Å²) in [7, 11) is 3.88. The summed E-state index contributed by atoms with van der Waals surface area (Å²) in [6.07, 6.45) is 6.54. The molecule has 9 nitrogen and oxygen atoms in total. The molecule has 1 saturated heterocycles. The molecule has 4 heterocycles. The molecule has 0 aliphatic carbocycles. The number of aromatic nitrogens is 4. The lowest BCUT2D eigenvalue weighted by Crippen LogP contribution is -2.43. The van der Waals surface area contributed by atoms with Crippen molar-refractivity contribution < 1.29 is 4.79 Å². The van der Waals surface area contributed by atoms with Crippen LogP contribution in [0.1, 0.15) is 37.0 Å². The zero-order chi connectivity index (χ0) is 25.6. The van der Waals surface area contributed by atoms with Crippen molar-refractivity contribution in [3.05, 3.63) is 35.3 Å². The van der Waals surface area contributed by atoms with E-state index < -0.39 is 0 Å². The fourth-order valence-electron chi connectivity index (χ4n) is 4.78. The first-order valence-electron chi connectivity index (χ1n) is 13.2. The van der Waals surface area contributed by atoms with Crippen molar-refractivity contribution in [1.82, 2.24) is 35.3 Å². The zero-order valence-electron chi connectivity index (χ0n) is 21.7. The number of amides is 1. The van der Waals surface area contributed by atoms with Crippen molar-refractivity contribution in [3.63, 3.8) is 0 Å². The third-order valence-corrected chi connectivity index (χ3v) is 8.14. The summed E-state index contributed by atoms with van der Waals surface area (Å²) in [4.78, 5) is 27.7. The first-order chi connectivity index (χ1) is 18.1. The highest BCUT2D eigenvalue weighted by molar-refractivity contribution is 7.19. The summed E-state index contributed by atoms with van der Waals surface area (Å²) in [6.45, 7) is 6.20. The maximum Gasteiger partial charge on any atom is 0.219 e. The predicted molar refractivity (Wildman–Crippen MR) is 151 cm³/mol. The van der Waals surface area contributed by atoms with E-state index in [1.165, 1.54) is 4.88 Å². The Bertz CT molecular complexity index is 1340. The molecule has 0 unspecified atom stereocenters. The lowest BCUT2D eigenvalue weighted by molar-refractivity contribution is -0.120. The molecule has 5 rings (SSSR count). The summed E-state index contributed by atoms with van der Waals surface area (Å²) < 4.78 is 1.12. The molecule has 37 heavy (non-hydrogen) atoms. The number of fused-ring (bicyclic) bond motifs is 2. The number of thiophene rings is 1. The van der Waals surface area contributed by atoms with Gasteiger partial charge in [0.25, 0.3) is 0 Å². The number of benzene rings is 1. The van der Waals surface area contributed by atoms with E-state index >= 15 is 0 Å². The van der Waals surface area contributed by atoms with E-state index in [1.807, 2.05) is 18.3 Å². The van der Waals surface area contributed by atoms with Gasteiger partial charge >= 0.3 is 0 Å². The van der Waals surface area contributed by atoms with Crippen LogP contribution in [0, 0.1) is 0 Å². The summed E-state index contributed by atoms with van der Waals surface area (Å²) in [6, 6.07) is 8.34. The minimum atomic E-state index is 0.117. The molecule has 1 aliphatic heterocycles. The molecule has 0 radical (unpaired) electrons. The van der Waals surface area contributed by atoms with Crippen molar-refractivity contribution >= 4 is 44.2 Å². The molecule has 0 saturated carbocycles. The average Bonchev–Trinajstić information content (AvgIpc) is 3.55. The van der Waals surface area contributed by atoms with Gasteiger partial charge in [-0.05, 0) is 32.0 Å². The SMILES string of the molecule is CNC(=O)CCCCCCNc1nc(-c2cccc3[nH]ncc23)nc2cc(CN3CCN(C)CC3)sc12. The molecule has 10 heteroatoms. The van der Waals surface area contributed by atoms with Gasteiger partial charge in [-0.25, -0.2) is 9.97 Å². The monoisotopic (exact) mass is 520 g/mol. The van der Waals surface area contributed by atoms with Crippen LogP contribution in [0.2, 0.25) is 0 Å². The molecule has 1 aromatic carbocycles. The molecule has 0 atom stereocenters. The van der Waals surface area contributed by atoms with Crippen LogP contribution >= 0.6 is 11.3 Å². The number of rotatable bonds is 11. The van der Waals surface area contributed by atoms with E-state index in [2.05, 4.69) is 49.8 Å². The van der Waals surface area contributed by atoms with Gasteiger partial charge in [0.1, 0.15) is 5.82 Å². The molecule has 0 bridgehead atoms. The van der Waals surface area contributed by atoms with E-state index in [4.69, 9.17) is 9.97 Å². The highest BCUT2D eigenvalue weighted by atomic mass is 32.1. The molecule has 196 valence electrons. The van der Waals surface area contributed by atoms with E-state index in [0.717, 1.165) is 103 Å². The zero-order valence-corrected chi connectivity index (χ0v) is 22.5. The van der Waals surface area contributed by atoms with Gasteiger partial charge in [0.2, 0.25) is 5.91 Å². The normalized spacial score (nSPS) is 15.0. The Kier molecular flexibility index (Phi) is 8.28. The van der Waals surface area contributed by atoms with Gasteiger partial charge in [0.05, 0.1) is 21.9 Å². The van der Waals surface area contributed by atoms with Crippen LogP contribution in [0.25, 0.3) is 32.5 Å².